The van der Waals surface area contributed by atoms with Gasteiger partial charge in [0.1, 0.15) is 5.82 Å². The number of halogens is 1. The molecule has 0 saturated carbocycles. The second kappa shape index (κ2) is 7.21. The van der Waals surface area contributed by atoms with Gasteiger partial charge in [-0.05, 0) is 59.6 Å². The minimum atomic E-state index is -3.21. The summed E-state index contributed by atoms with van der Waals surface area (Å²) in [5, 5.41) is 11.2. The molecule has 0 bridgehead atoms. The number of sulfone groups is 1. The molecule has 27 heavy (non-hydrogen) atoms. The number of nitrogens with zero attached hydrogens (tertiary/aromatic N) is 3. The maximum absolute atomic E-state index is 11.6. The second-order valence-corrected chi connectivity index (χ2v) is 9.63. The Morgan fingerprint density at radius 1 is 1.30 bits per heavy atom. The van der Waals surface area contributed by atoms with Crippen molar-refractivity contribution in [3.63, 3.8) is 0 Å². The molecule has 1 aromatic carbocycles. The average Bonchev–Trinajstić information content (AvgIpc) is 3.03. The highest BCUT2D eigenvalue weighted by atomic mass is 79.9. The van der Waals surface area contributed by atoms with Crippen LogP contribution < -0.4 is 10.6 Å². The normalized spacial score (nSPS) is 17.9. The first-order valence-corrected chi connectivity index (χ1v) is 11.4. The molecule has 1 saturated heterocycles. The zero-order valence-corrected chi connectivity index (χ0v) is 17.2. The molecule has 4 rings (SSSR count). The fraction of sp³-hybridized carbons (Fsp3) is 0.333. The Balaban J connectivity index is 1.71. The number of nitrogens with one attached hydrogen (secondary N) is 2. The Bertz CT molecular complexity index is 1070. The molecule has 0 amide bonds. The minimum absolute atomic E-state index is 0.295. The minimum Gasteiger partial charge on any atom is -0.340 e. The molecule has 1 fully saturated rings. The van der Waals surface area contributed by atoms with Crippen LogP contribution in [0.5, 0.6) is 0 Å². The number of piperidine rings is 1. The summed E-state index contributed by atoms with van der Waals surface area (Å²) < 4.78 is 25.9. The van der Waals surface area contributed by atoms with Gasteiger partial charge in [-0.25, -0.2) is 13.4 Å². The van der Waals surface area contributed by atoms with Crippen molar-refractivity contribution in [3.8, 4) is 0 Å². The van der Waals surface area contributed by atoms with Crippen molar-refractivity contribution in [1.29, 1.82) is 0 Å². The molecule has 3 heterocycles. The summed E-state index contributed by atoms with van der Waals surface area (Å²) in [7, 11) is -3.21. The van der Waals surface area contributed by atoms with Gasteiger partial charge in [-0.3, -0.25) is 0 Å². The smallest absolute Gasteiger partial charge is 0.175 e. The number of hydrogen-bond donors (Lipinski definition) is 2. The first kappa shape index (κ1) is 18.4. The maximum Gasteiger partial charge on any atom is 0.175 e. The average molecular weight is 450 g/mol. The fourth-order valence-electron chi connectivity index (χ4n) is 3.29. The van der Waals surface area contributed by atoms with E-state index in [1.165, 1.54) is 6.26 Å². The molecular weight excluding hydrogens is 430 g/mol. The zero-order chi connectivity index (χ0) is 19.0. The lowest BCUT2D eigenvalue weighted by atomic mass is 9.96. The summed E-state index contributed by atoms with van der Waals surface area (Å²) in [5.74, 6) is 1.15. The van der Waals surface area contributed by atoms with Crippen molar-refractivity contribution in [1.82, 2.24) is 19.9 Å². The predicted octanol–water partition coefficient (Wildman–Crippen LogP) is 3.11. The van der Waals surface area contributed by atoms with Gasteiger partial charge in [0.15, 0.2) is 15.5 Å². The van der Waals surface area contributed by atoms with Crippen LogP contribution >= 0.6 is 15.9 Å². The zero-order valence-electron chi connectivity index (χ0n) is 14.8. The van der Waals surface area contributed by atoms with E-state index in [4.69, 9.17) is 4.98 Å². The molecule has 142 valence electrons. The lowest BCUT2D eigenvalue weighted by molar-refractivity contribution is 0.455. The van der Waals surface area contributed by atoms with Crippen LogP contribution in [-0.2, 0) is 9.84 Å². The van der Waals surface area contributed by atoms with Gasteiger partial charge in [0.2, 0.25) is 0 Å². The molecular formula is C18H20BrN5O2S. The summed E-state index contributed by atoms with van der Waals surface area (Å²) in [6.45, 7) is 1.96. The third kappa shape index (κ3) is 3.85. The molecule has 2 aromatic heterocycles. The topological polar surface area (TPSA) is 88.4 Å². The number of anilines is 2. The van der Waals surface area contributed by atoms with E-state index in [0.29, 0.717) is 10.8 Å². The number of rotatable bonds is 4. The largest absolute Gasteiger partial charge is 0.340 e. The van der Waals surface area contributed by atoms with Crippen LogP contribution in [0.4, 0.5) is 11.5 Å². The van der Waals surface area contributed by atoms with Crippen molar-refractivity contribution in [2.75, 3.05) is 24.7 Å². The first-order valence-electron chi connectivity index (χ1n) is 8.74. The van der Waals surface area contributed by atoms with Crippen LogP contribution in [0.2, 0.25) is 0 Å². The highest BCUT2D eigenvalue weighted by Gasteiger charge is 2.20. The lowest BCUT2D eigenvalue weighted by Crippen LogP contribution is -2.29. The number of aromatic nitrogens is 3. The molecule has 1 aliphatic rings. The molecule has 7 nitrogen and oxygen atoms in total. The molecule has 0 radical (unpaired) electrons. The van der Waals surface area contributed by atoms with Crippen molar-refractivity contribution in [2.24, 2.45) is 0 Å². The van der Waals surface area contributed by atoms with Gasteiger partial charge in [-0.1, -0.05) is 0 Å². The van der Waals surface area contributed by atoms with E-state index in [2.05, 4.69) is 31.7 Å². The van der Waals surface area contributed by atoms with Crippen molar-refractivity contribution < 1.29 is 8.42 Å². The molecule has 1 atom stereocenters. The summed E-state index contributed by atoms with van der Waals surface area (Å²) >= 11 is 3.52. The van der Waals surface area contributed by atoms with E-state index in [-0.39, 0.29) is 0 Å². The standard InChI is InChI=1S/C18H20BrN5O2S/c1-27(25,26)14-6-4-13(5-7-14)22-17-9-16(12-3-2-8-20-10-12)23-18-15(19)11-21-24(17)18/h4-7,9,11-12,20,22H,2-3,8,10H2,1H3. The van der Waals surface area contributed by atoms with Gasteiger partial charge in [-0.15, -0.1) is 0 Å². The lowest BCUT2D eigenvalue weighted by Gasteiger charge is -2.23. The van der Waals surface area contributed by atoms with E-state index in [1.54, 1.807) is 35.0 Å². The van der Waals surface area contributed by atoms with Gasteiger partial charge in [0, 0.05) is 30.5 Å². The summed E-state index contributed by atoms with van der Waals surface area (Å²) in [6, 6.07) is 8.72. The van der Waals surface area contributed by atoms with Gasteiger partial charge >= 0.3 is 0 Å². The number of benzene rings is 1. The third-order valence-electron chi connectivity index (χ3n) is 4.72. The monoisotopic (exact) mass is 449 g/mol. The van der Waals surface area contributed by atoms with Crippen LogP contribution in [0, 0.1) is 0 Å². The van der Waals surface area contributed by atoms with E-state index in [1.807, 2.05) is 6.07 Å². The molecule has 1 unspecified atom stereocenters. The van der Waals surface area contributed by atoms with Crippen molar-refractivity contribution >= 4 is 42.9 Å². The molecule has 3 aromatic rings. The Labute approximate surface area is 166 Å². The van der Waals surface area contributed by atoms with E-state index >= 15 is 0 Å². The number of hydrogen-bond acceptors (Lipinski definition) is 6. The van der Waals surface area contributed by atoms with Gasteiger partial charge in [0.25, 0.3) is 0 Å². The molecule has 1 aliphatic heterocycles. The highest BCUT2D eigenvalue weighted by molar-refractivity contribution is 9.10. The first-order chi connectivity index (χ1) is 12.9. The summed E-state index contributed by atoms with van der Waals surface area (Å²) in [6.07, 6.45) is 5.16. The van der Waals surface area contributed by atoms with Crippen LogP contribution in [0.3, 0.4) is 0 Å². The van der Waals surface area contributed by atoms with Crippen LogP contribution in [0.1, 0.15) is 24.5 Å². The Hall–Kier alpha value is -1.97. The molecule has 0 spiro atoms. The summed E-state index contributed by atoms with van der Waals surface area (Å²) in [5.41, 5.74) is 2.56. The maximum atomic E-state index is 11.6. The quantitative estimate of drug-likeness (QED) is 0.635. The Kier molecular flexibility index (Phi) is 4.92. The third-order valence-corrected chi connectivity index (χ3v) is 6.41. The van der Waals surface area contributed by atoms with Gasteiger partial charge < -0.3 is 10.6 Å². The van der Waals surface area contributed by atoms with Crippen LogP contribution in [0.15, 0.2) is 45.9 Å². The van der Waals surface area contributed by atoms with E-state index in [0.717, 1.165) is 53.3 Å². The van der Waals surface area contributed by atoms with Gasteiger partial charge in [0.05, 0.1) is 21.3 Å². The molecule has 9 heteroatoms. The van der Waals surface area contributed by atoms with Crippen LogP contribution in [0.25, 0.3) is 5.65 Å². The Morgan fingerprint density at radius 3 is 2.74 bits per heavy atom. The Morgan fingerprint density at radius 2 is 2.07 bits per heavy atom. The fourth-order valence-corrected chi connectivity index (χ4v) is 4.27. The summed E-state index contributed by atoms with van der Waals surface area (Å²) in [4.78, 5) is 5.10. The molecule has 2 N–H and O–H groups in total. The van der Waals surface area contributed by atoms with Crippen molar-refractivity contribution in [3.05, 3.63) is 46.7 Å². The van der Waals surface area contributed by atoms with Crippen LogP contribution in [-0.4, -0.2) is 42.4 Å². The van der Waals surface area contributed by atoms with Crippen molar-refractivity contribution in [2.45, 2.75) is 23.7 Å². The highest BCUT2D eigenvalue weighted by Crippen LogP contribution is 2.29. The molecule has 0 aliphatic carbocycles. The second-order valence-electron chi connectivity index (χ2n) is 6.76. The van der Waals surface area contributed by atoms with E-state index in [9.17, 15) is 8.42 Å². The van der Waals surface area contributed by atoms with E-state index < -0.39 is 9.84 Å². The number of fused-ring (bicyclic) bond motifs is 1. The predicted molar refractivity (Wildman–Crippen MR) is 108 cm³/mol. The van der Waals surface area contributed by atoms with Gasteiger partial charge in [-0.2, -0.15) is 9.61 Å². The SMILES string of the molecule is CS(=O)(=O)c1ccc(Nc2cc(C3CCCNC3)nc3c(Br)cnn23)cc1.